The fraction of sp³-hybridized carbons (Fsp3) is 0.182. The van der Waals surface area contributed by atoms with E-state index in [0.29, 0.717) is 10.0 Å². The summed E-state index contributed by atoms with van der Waals surface area (Å²) in [4.78, 5) is 33.3. The van der Waals surface area contributed by atoms with Crippen LogP contribution in [0.25, 0.3) is 0 Å². The number of nitrogens with two attached hydrogens (primary N) is 1. The second-order valence-corrected chi connectivity index (χ2v) is 4.45. The Labute approximate surface area is 111 Å². The molecule has 0 radical (unpaired) electrons. The zero-order valence-corrected chi connectivity index (χ0v) is 10.8. The molecule has 0 fully saturated rings. The van der Waals surface area contributed by atoms with Crippen molar-refractivity contribution in [3.05, 3.63) is 34.3 Å². The van der Waals surface area contributed by atoms with Gasteiger partial charge in [0.25, 0.3) is 5.91 Å². The van der Waals surface area contributed by atoms with Gasteiger partial charge in [0, 0.05) is 10.0 Å². The lowest BCUT2D eigenvalue weighted by atomic mass is 10.1. The van der Waals surface area contributed by atoms with Crippen LogP contribution in [-0.4, -0.2) is 28.9 Å². The van der Waals surface area contributed by atoms with Crippen molar-refractivity contribution in [2.24, 2.45) is 5.73 Å². The smallest absolute Gasteiger partial charge is 0.305 e. The van der Waals surface area contributed by atoms with Gasteiger partial charge in [-0.25, -0.2) is 0 Å². The monoisotopic (exact) mass is 314 g/mol. The summed E-state index contributed by atoms with van der Waals surface area (Å²) in [7, 11) is 0. The van der Waals surface area contributed by atoms with Gasteiger partial charge in [-0.2, -0.15) is 0 Å². The van der Waals surface area contributed by atoms with Crippen LogP contribution < -0.4 is 11.1 Å². The first-order chi connectivity index (χ1) is 8.40. The maximum atomic E-state index is 11.8. The zero-order valence-electron chi connectivity index (χ0n) is 9.22. The molecule has 0 unspecified atom stereocenters. The molecule has 0 saturated carbocycles. The van der Waals surface area contributed by atoms with Crippen LogP contribution in [0, 0.1) is 0 Å². The van der Waals surface area contributed by atoms with E-state index in [2.05, 4.69) is 21.2 Å². The molecule has 7 heteroatoms. The van der Waals surface area contributed by atoms with Crippen molar-refractivity contribution in [3.8, 4) is 0 Å². The number of carbonyl (C=O) groups excluding carboxylic acids is 2. The molecule has 0 aliphatic carbocycles. The zero-order chi connectivity index (χ0) is 13.7. The second-order valence-electron chi connectivity index (χ2n) is 3.54. The number of carbonyl (C=O) groups is 3. The third kappa shape index (κ3) is 4.17. The minimum atomic E-state index is -1.23. The van der Waals surface area contributed by atoms with Crippen molar-refractivity contribution >= 4 is 33.7 Å². The number of carboxylic acids is 1. The number of amides is 2. The Balaban J connectivity index is 2.78. The molecule has 2 amide bonds. The highest BCUT2D eigenvalue weighted by atomic mass is 79.9. The molecular formula is C11H11BrN2O4. The first kappa shape index (κ1) is 14.2. The van der Waals surface area contributed by atoms with Gasteiger partial charge in [-0.3, -0.25) is 14.4 Å². The van der Waals surface area contributed by atoms with Crippen LogP contribution in [0.4, 0.5) is 0 Å². The predicted octanol–water partition coefficient (Wildman–Crippen LogP) is 0.507. The lowest BCUT2D eigenvalue weighted by Crippen LogP contribution is -2.45. The number of rotatable bonds is 5. The number of nitrogens with one attached hydrogen (secondary N) is 1. The normalized spacial score (nSPS) is 11.6. The molecule has 0 aliphatic heterocycles. The van der Waals surface area contributed by atoms with Crippen molar-refractivity contribution in [2.75, 3.05) is 0 Å². The van der Waals surface area contributed by atoms with E-state index in [4.69, 9.17) is 10.8 Å². The van der Waals surface area contributed by atoms with Gasteiger partial charge in [0.1, 0.15) is 6.04 Å². The molecule has 1 aromatic carbocycles. The topological polar surface area (TPSA) is 109 Å². The van der Waals surface area contributed by atoms with Gasteiger partial charge in [0.05, 0.1) is 6.42 Å². The molecule has 6 nitrogen and oxygen atoms in total. The summed E-state index contributed by atoms with van der Waals surface area (Å²) < 4.78 is 0.698. The second kappa shape index (κ2) is 6.15. The molecular weight excluding hydrogens is 304 g/mol. The molecule has 0 heterocycles. The summed E-state index contributed by atoms with van der Waals surface area (Å²) in [5.41, 5.74) is 5.32. The largest absolute Gasteiger partial charge is 0.481 e. The predicted molar refractivity (Wildman–Crippen MR) is 66.8 cm³/mol. The highest BCUT2D eigenvalue weighted by Crippen LogP contribution is 2.11. The highest BCUT2D eigenvalue weighted by Gasteiger charge is 2.21. The molecule has 1 rings (SSSR count). The third-order valence-corrected chi connectivity index (χ3v) is 2.61. The Morgan fingerprint density at radius 3 is 2.56 bits per heavy atom. The molecule has 0 aliphatic rings. The van der Waals surface area contributed by atoms with E-state index in [-0.39, 0.29) is 0 Å². The van der Waals surface area contributed by atoms with Gasteiger partial charge in [0.15, 0.2) is 0 Å². The Kier molecular flexibility index (Phi) is 4.85. The van der Waals surface area contributed by atoms with Gasteiger partial charge in [-0.15, -0.1) is 0 Å². The SMILES string of the molecule is NC(=O)[C@H](CC(=O)O)NC(=O)c1cccc(Br)c1. The molecule has 0 bridgehead atoms. The summed E-state index contributed by atoms with van der Waals surface area (Å²) in [5.74, 6) is -2.66. The van der Waals surface area contributed by atoms with E-state index in [1.807, 2.05) is 0 Å². The fourth-order valence-corrected chi connectivity index (χ4v) is 1.67. The van der Waals surface area contributed by atoms with Gasteiger partial charge in [-0.1, -0.05) is 22.0 Å². The van der Waals surface area contributed by atoms with Crippen molar-refractivity contribution in [1.82, 2.24) is 5.32 Å². The summed E-state index contributed by atoms with van der Waals surface area (Å²) in [6.45, 7) is 0. The maximum absolute atomic E-state index is 11.8. The van der Waals surface area contributed by atoms with E-state index < -0.39 is 30.2 Å². The van der Waals surface area contributed by atoms with Crippen LogP contribution in [0.2, 0.25) is 0 Å². The van der Waals surface area contributed by atoms with Gasteiger partial charge >= 0.3 is 5.97 Å². The molecule has 96 valence electrons. The number of aliphatic carboxylic acids is 1. The fourth-order valence-electron chi connectivity index (χ4n) is 1.27. The van der Waals surface area contributed by atoms with Crippen LogP contribution in [0.1, 0.15) is 16.8 Å². The van der Waals surface area contributed by atoms with Crippen LogP contribution in [0.15, 0.2) is 28.7 Å². The van der Waals surface area contributed by atoms with E-state index in [9.17, 15) is 14.4 Å². The number of benzene rings is 1. The summed E-state index contributed by atoms with van der Waals surface area (Å²) in [5, 5.41) is 10.9. The Morgan fingerprint density at radius 2 is 2.06 bits per heavy atom. The summed E-state index contributed by atoms with van der Waals surface area (Å²) in [6, 6.07) is 5.25. The summed E-state index contributed by atoms with van der Waals surface area (Å²) >= 11 is 3.20. The van der Waals surface area contributed by atoms with Gasteiger partial charge < -0.3 is 16.2 Å². The maximum Gasteiger partial charge on any atom is 0.305 e. The number of primary amides is 1. The molecule has 18 heavy (non-hydrogen) atoms. The number of hydrogen-bond donors (Lipinski definition) is 3. The Hall–Kier alpha value is -1.89. The molecule has 1 atom stereocenters. The Morgan fingerprint density at radius 1 is 1.39 bits per heavy atom. The minimum absolute atomic E-state index is 0.306. The first-order valence-corrected chi connectivity index (χ1v) is 5.77. The van der Waals surface area contributed by atoms with Gasteiger partial charge in [0.2, 0.25) is 5.91 Å². The molecule has 0 saturated heterocycles. The van der Waals surface area contributed by atoms with Crippen molar-refractivity contribution in [3.63, 3.8) is 0 Å². The molecule has 0 aromatic heterocycles. The van der Waals surface area contributed by atoms with Crippen LogP contribution in [0.3, 0.4) is 0 Å². The third-order valence-electron chi connectivity index (χ3n) is 2.11. The van der Waals surface area contributed by atoms with E-state index in [1.165, 1.54) is 0 Å². The quantitative estimate of drug-likeness (QED) is 0.735. The highest BCUT2D eigenvalue weighted by molar-refractivity contribution is 9.10. The number of hydrogen-bond acceptors (Lipinski definition) is 3. The average Bonchev–Trinajstić information content (AvgIpc) is 2.27. The van der Waals surface area contributed by atoms with Crippen molar-refractivity contribution < 1.29 is 19.5 Å². The van der Waals surface area contributed by atoms with Crippen LogP contribution >= 0.6 is 15.9 Å². The van der Waals surface area contributed by atoms with Crippen LogP contribution in [-0.2, 0) is 9.59 Å². The standard InChI is InChI=1S/C11H11BrN2O4/c12-7-3-1-2-6(4-7)11(18)14-8(10(13)17)5-9(15)16/h1-4,8H,5H2,(H2,13,17)(H,14,18)(H,15,16)/t8-/m0/s1. The van der Waals surface area contributed by atoms with E-state index in [0.717, 1.165) is 0 Å². The number of halogens is 1. The molecule has 4 N–H and O–H groups in total. The van der Waals surface area contributed by atoms with E-state index >= 15 is 0 Å². The minimum Gasteiger partial charge on any atom is -0.481 e. The molecule has 1 aromatic rings. The molecule has 0 spiro atoms. The lowest BCUT2D eigenvalue weighted by molar-refractivity contribution is -0.139. The van der Waals surface area contributed by atoms with E-state index in [1.54, 1.807) is 24.3 Å². The van der Waals surface area contributed by atoms with Gasteiger partial charge in [-0.05, 0) is 18.2 Å². The lowest BCUT2D eigenvalue weighted by Gasteiger charge is -2.13. The average molecular weight is 315 g/mol. The summed E-state index contributed by atoms with van der Waals surface area (Å²) in [6.07, 6.45) is -0.547. The van der Waals surface area contributed by atoms with Crippen LogP contribution in [0.5, 0.6) is 0 Å². The first-order valence-electron chi connectivity index (χ1n) is 4.97. The van der Waals surface area contributed by atoms with Crippen molar-refractivity contribution in [1.29, 1.82) is 0 Å². The van der Waals surface area contributed by atoms with Crippen molar-refractivity contribution in [2.45, 2.75) is 12.5 Å². The number of carboxylic acid groups (broad SMARTS) is 1. The Bertz CT molecular complexity index is 490.